The van der Waals surface area contributed by atoms with E-state index in [1.165, 1.54) is 11.4 Å². The van der Waals surface area contributed by atoms with Crippen molar-refractivity contribution in [2.75, 3.05) is 33.4 Å². The van der Waals surface area contributed by atoms with Crippen LogP contribution in [0.2, 0.25) is 0 Å². The number of hydrogen-bond acceptors (Lipinski definition) is 3. The van der Waals surface area contributed by atoms with Gasteiger partial charge < -0.3 is 4.74 Å². The molecule has 1 aliphatic heterocycles. The van der Waals surface area contributed by atoms with E-state index in [-0.39, 0.29) is 11.9 Å². The Morgan fingerprint density at radius 1 is 1.38 bits per heavy atom. The SMILES string of the molecule is COCC(Cl)CNS(=O)(=O)N1CCCCC1. The van der Waals surface area contributed by atoms with Crippen molar-refractivity contribution in [2.45, 2.75) is 24.6 Å². The van der Waals surface area contributed by atoms with E-state index in [0.29, 0.717) is 19.7 Å². The van der Waals surface area contributed by atoms with Crippen molar-refractivity contribution in [3.63, 3.8) is 0 Å². The third-order valence-electron chi connectivity index (χ3n) is 2.49. The van der Waals surface area contributed by atoms with Gasteiger partial charge in [-0.3, -0.25) is 0 Å². The minimum Gasteiger partial charge on any atom is -0.383 e. The van der Waals surface area contributed by atoms with E-state index in [1.54, 1.807) is 0 Å². The fourth-order valence-electron chi connectivity index (χ4n) is 1.63. The summed E-state index contributed by atoms with van der Waals surface area (Å²) in [5.74, 6) is 0. The minimum absolute atomic E-state index is 0.203. The van der Waals surface area contributed by atoms with Gasteiger partial charge in [-0.25, -0.2) is 4.72 Å². The molecule has 1 saturated heterocycles. The summed E-state index contributed by atoms with van der Waals surface area (Å²) in [5, 5.41) is -0.329. The zero-order valence-corrected chi connectivity index (χ0v) is 11.1. The summed E-state index contributed by atoms with van der Waals surface area (Å²) in [5.41, 5.74) is 0. The molecule has 0 radical (unpaired) electrons. The summed E-state index contributed by atoms with van der Waals surface area (Å²) < 4.78 is 32.4. The molecule has 5 nitrogen and oxygen atoms in total. The van der Waals surface area contributed by atoms with E-state index >= 15 is 0 Å². The maximum Gasteiger partial charge on any atom is 0.279 e. The van der Waals surface area contributed by atoms with Crippen molar-refractivity contribution in [1.29, 1.82) is 0 Å². The number of nitrogens with one attached hydrogen (secondary N) is 1. The van der Waals surface area contributed by atoms with Gasteiger partial charge in [0.05, 0.1) is 12.0 Å². The lowest BCUT2D eigenvalue weighted by Crippen LogP contribution is -2.45. The van der Waals surface area contributed by atoms with Crippen LogP contribution < -0.4 is 4.72 Å². The topological polar surface area (TPSA) is 58.6 Å². The normalized spacial score (nSPS) is 20.9. The van der Waals surface area contributed by atoms with Crippen LogP contribution in [0.4, 0.5) is 0 Å². The molecule has 1 aliphatic rings. The molecule has 0 spiro atoms. The monoisotopic (exact) mass is 270 g/mol. The fourth-order valence-corrected chi connectivity index (χ4v) is 3.26. The lowest BCUT2D eigenvalue weighted by molar-refractivity contribution is 0.198. The molecule has 0 saturated carbocycles. The molecule has 1 fully saturated rings. The van der Waals surface area contributed by atoms with Gasteiger partial charge in [0, 0.05) is 26.7 Å². The summed E-state index contributed by atoms with van der Waals surface area (Å²) in [6.07, 6.45) is 2.97. The summed E-state index contributed by atoms with van der Waals surface area (Å²) in [6, 6.07) is 0. The van der Waals surface area contributed by atoms with Crippen molar-refractivity contribution >= 4 is 21.8 Å². The molecule has 16 heavy (non-hydrogen) atoms. The van der Waals surface area contributed by atoms with Crippen molar-refractivity contribution in [3.8, 4) is 0 Å². The molecule has 1 N–H and O–H groups in total. The number of piperidine rings is 1. The van der Waals surface area contributed by atoms with E-state index in [1.807, 2.05) is 0 Å². The Kier molecular flexibility index (Phi) is 5.99. The summed E-state index contributed by atoms with van der Waals surface area (Å²) in [7, 11) is -1.82. The number of ether oxygens (including phenoxy) is 1. The first-order valence-corrected chi connectivity index (χ1v) is 7.31. The zero-order chi connectivity index (χ0) is 12.0. The van der Waals surface area contributed by atoms with Gasteiger partial charge in [-0.15, -0.1) is 11.6 Å². The first-order valence-electron chi connectivity index (χ1n) is 5.44. The van der Waals surface area contributed by atoms with E-state index in [2.05, 4.69) is 4.72 Å². The van der Waals surface area contributed by atoms with Gasteiger partial charge in [-0.2, -0.15) is 12.7 Å². The average Bonchev–Trinajstić information content (AvgIpc) is 2.28. The van der Waals surface area contributed by atoms with Crippen LogP contribution in [0.25, 0.3) is 0 Å². The van der Waals surface area contributed by atoms with E-state index in [0.717, 1.165) is 19.3 Å². The Labute approximate surface area is 102 Å². The number of halogens is 1. The number of alkyl halides is 1. The van der Waals surface area contributed by atoms with Crippen LogP contribution in [-0.4, -0.2) is 51.5 Å². The second-order valence-electron chi connectivity index (χ2n) is 3.87. The van der Waals surface area contributed by atoms with Crippen LogP contribution >= 0.6 is 11.6 Å². The van der Waals surface area contributed by atoms with Crippen LogP contribution in [0.3, 0.4) is 0 Å². The molecular weight excluding hydrogens is 252 g/mol. The van der Waals surface area contributed by atoms with Crippen molar-refractivity contribution in [2.24, 2.45) is 0 Å². The molecule has 96 valence electrons. The Hall–Kier alpha value is 0.120. The fraction of sp³-hybridized carbons (Fsp3) is 1.00. The first-order chi connectivity index (χ1) is 7.56. The van der Waals surface area contributed by atoms with Crippen LogP contribution in [0.15, 0.2) is 0 Å². The lowest BCUT2D eigenvalue weighted by Gasteiger charge is -2.26. The predicted octanol–water partition coefficient (Wildman–Crippen LogP) is 0.561. The first kappa shape index (κ1) is 14.2. The number of methoxy groups -OCH3 is 1. The van der Waals surface area contributed by atoms with E-state index in [9.17, 15) is 8.42 Å². The standard InChI is InChI=1S/C9H19ClN2O3S/c1-15-8-9(10)7-11-16(13,14)12-5-3-2-4-6-12/h9,11H,2-8H2,1H3. The molecule has 7 heteroatoms. The Balaban J connectivity index is 2.38. The lowest BCUT2D eigenvalue weighted by atomic mass is 10.2. The van der Waals surface area contributed by atoms with Crippen molar-refractivity contribution in [1.82, 2.24) is 9.03 Å². The van der Waals surface area contributed by atoms with Gasteiger partial charge >= 0.3 is 0 Å². The smallest absolute Gasteiger partial charge is 0.279 e. The summed E-state index contributed by atoms with van der Waals surface area (Å²) in [4.78, 5) is 0. The summed E-state index contributed by atoms with van der Waals surface area (Å²) >= 11 is 5.86. The van der Waals surface area contributed by atoms with Crippen molar-refractivity contribution < 1.29 is 13.2 Å². The summed E-state index contributed by atoms with van der Waals surface area (Å²) in [6.45, 7) is 1.75. The molecule has 1 heterocycles. The highest BCUT2D eigenvalue weighted by Crippen LogP contribution is 2.11. The minimum atomic E-state index is -3.35. The molecular formula is C9H19ClN2O3S. The highest BCUT2D eigenvalue weighted by Gasteiger charge is 2.23. The van der Waals surface area contributed by atoms with E-state index in [4.69, 9.17) is 16.3 Å². The average molecular weight is 271 g/mol. The van der Waals surface area contributed by atoms with Crippen LogP contribution in [-0.2, 0) is 14.9 Å². The van der Waals surface area contributed by atoms with Crippen LogP contribution in [0.5, 0.6) is 0 Å². The highest BCUT2D eigenvalue weighted by atomic mass is 35.5. The molecule has 0 bridgehead atoms. The third-order valence-corrected chi connectivity index (χ3v) is 4.35. The van der Waals surface area contributed by atoms with E-state index < -0.39 is 10.2 Å². The molecule has 0 amide bonds. The van der Waals surface area contributed by atoms with Gasteiger partial charge in [0.15, 0.2) is 0 Å². The van der Waals surface area contributed by atoms with Gasteiger partial charge in [-0.1, -0.05) is 6.42 Å². The number of hydrogen-bond donors (Lipinski definition) is 1. The number of rotatable bonds is 6. The van der Waals surface area contributed by atoms with Crippen LogP contribution in [0, 0.1) is 0 Å². The Morgan fingerprint density at radius 2 is 2.00 bits per heavy atom. The largest absolute Gasteiger partial charge is 0.383 e. The van der Waals surface area contributed by atoms with Crippen molar-refractivity contribution in [3.05, 3.63) is 0 Å². The maximum atomic E-state index is 11.8. The second-order valence-corrected chi connectivity index (χ2v) is 6.24. The molecule has 0 aliphatic carbocycles. The second kappa shape index (κ2) is 6.76. The molecule has 0 aromatic carbocycles. The predicted molar refractivity (Wildman–Crippen MR) is 63.9 cm³/mol. The third kappa shape index (κ3) is 4.55. The van der Waals surface area contributed by atoms with Crippen LogP contribution in [0.1, 0.15) is 19.3 Å². The maximum absolute atomic E-state index is 11.8. The Bertz CT molecular complexity index is 291. The van der Waals surface area contributed by atoms with Gasteiger partial charge in [0.25, 0.3) is 10.2 Å². The molecule has 0 aromatic rings. The van der Waals surface area contributed by atoms with Gasteiger partial charge in [0.2, 0.25) is 0 Å². The molecule has 1 atom stereocenters. The molecule has 1 rings (SSSR count). The quantitative estimate of drug-likeness (QED) is 0.718. The Morgan fingerprint density at radius 3 is 2.56 bits per heavy atom. The molecule has 1 unspecified atom stereocenters. The van der Waals surface area contributed by atoms with Gasteiger partial charge in [0.1, 0.15) is 0 Å². The zero-order valence-electron chi connectivity index (χ0n) is 9.49. The number of nitrogens with zero attached hydrogens (tertiary/aromatic N) is 1. The molecule has 0 aromatic heterocycles. The highest BCUT2D eigenvalue weighted by molar-refractivity contribution is 7.87. The van der Waals surface area contributed by atoms with Gasteiger partial charge in [-0.05, 0) is 12.8 Å².